The van der Waals surface area contributed by atoms with Gasteiger partial charge < -0.3 is 9.73 Å². The number of nitrogens with zero attached hydrogens (tertiary/aromatic N) is 3. The van der Waals surface area contributed by atoms with Crippen LogP contribution in [-0.2, 0) is 11.3 Å². The van der Waals surface area contributed by atoms with Crippen molar-refractivity contribution < 1.29 is 9.21 Å². The number of aromatic nitrogens is 1. The largest absolute Gasteiger partial charge is 0.444 e. The van der Waals surface area contributed by atoms with Gasteiger partial charge in [-0.25, -0.2) is 4.98 Å². The van der Waals surface area contributed by atoms with Gasteiger partial charge >= 0.3 is 0 Å². The second-order valence-corrected chi connectivity index (χ2v) is 7.07. The average molecular weight is 356 g/mol. The van der Waals surface area contributed by atoms with E-state index in [4.69, 9.17) is 4.42 Å². The number of amides is 1. The molecular weight excluding hydrogens is 328 g/mol. The highest BCUT2D eigenvalue weighted by atomic mass is 16.4. The molecule has 0 aliphatic carbocycles. The Morgan fingerprint density at radius 3 is 2.65 bits per heavy atom. The van der Waals surface area contributed by atoms with Crippen molar-refractivity contribution in [3.05, 3.63) is 47.2 Å². The van der Waals surface area contributed by atoms with Crippen LogP contribution in [0.1, 0.15) is 29.3 Å². The van der Waals surface area contributed by atoms with E-state index in [2.05, 4.69) is 20.1 Å². The summed E-state index contributed by atoms with van der Waals surface area (Å²) < 4.78 is 5.69. The number of benzene rings is 1. The zero-order chi connectivity index (χ0) is 18.5. The summed E-state index contributed by atoms with van der Waals surface area (Å²) >= 11 is 0. The van der Waals surface area contributed by atoms with E-state index in [1.165, 1.54) is 0 Å². The van der Waals surface area contributed by atoms with E-state index in [-0.39, 0.29) is 5.91 Å². The predicted molar refractivity (Wildman–Crippen MR) is 102 cm³/mol. The molecular formula is C20H28N4O2. The van der Waals surface area contributed by atoms with E-state index in [1.54, 1.807) is 0 Å². The first kappa shape index (κ1) is 18.6. The van der Waals surface area contributed by atoms with Crippen LogP contribution in [0.5, 0.6) is 0 Å². The van der Waals surface area contributed by atoms with Crippen molar-refractivity contribution in [2.75, 3.05) is 38.0 Å². The van der Waals surface area contributed by atoms with Gasteiger partial charge in [-0.05, 0) is 58.0 Å². The molecule has 1 fully saturated rings. The first-order chi connectivity index (χ1) is 12.5. The number of anilines is 1. The summed E-state index contributed by atoms with van der Waals surface area (Å²) in [4.78, 5) is 21.4. The van der Waals surface area contributed by atoms with Gasteiger partial charge in [0.1, 0.15) is 5.76 Å². The molecule has 2 heterocycles. The molecule has 1 aliphatic rings. The molecule has 1 aromatic carbocycles. The Bertz CT molecular complexity index is 737. The molecule has 1 N–H and O–H groups in total. The van der Waals surface area contributed by atoms with Gasteiger partial charge in [-0.15, -0.1) is 0 Å². The zero-order valence-corrected chi connectivity index (χ0v) is 15.9. The maximum Gasteiger partial charge on any atom is 0.238 e. The highest BCUT2D eigenvalue weighted by Crippen LogP contribution is 2.13. The lowest BCUT2D eigenvalue weighted by molar-refractivity contribution is -0.117. The van der Waals surface area contributed by atoms with Crippen molar-refractivity contribution in [2.45, 2.75) is 33.7 Å². The Kier molecular flexibility index (Phi) is 6.06. The molecule has 6 heteroatoms. The van der Waals surface area contributed by atoms with E-state index in [1.807, 2.05) is 45.0 Å². The van der Waals surface area contributed by atoms with Crippen molar-refractivity contribution in [3.63, 3.8) is 0 Å². The van der Waals surface area contributed by atoms with Gasteiger partial charge in [-0.3, -0.25) is 14.6 Å². The van der Waals surface area contributed by atoms with Gasteiger partial charge in [0.05, 0.1) is 18.8 Å². The zero-order valence-electron chi connectivity index (χ0n) is 15.9. The maximum absolute atomic E-state index is 12.3. The quantitative estimate of drug-likeness (QED) is 0.893. The van der Waals surface area contributed by atoms with E-state index in [0.717, 1.165) is 67.7 Å². The Morgan fingerprint density at radius 1 is 1.15 bits per heavy atom. The summed E-state index contributed by atoms with van der Waals surface area (Å²) in [5.41, 5.74) is 2.97. The lowest BCUT2D eigenvalue weighted by Crippen LogP contribution is -2.36. The number of oxazole rings is 1. The third-order valence-corrected chi connectivity index (χ3v) is 4.78. The molecule has 0 unspecified atom stereocenters. The second-order valence-electron chi connectivity index (χ2n) is 7.07. The average Bonchev–Trinajstić information content (AvgIpc) is 2.76. The van der Waals surface area contributed by atoms with Crippen LogP contribution in [0.25, 0.3) is 0 Å². The van der Waals surface area contributed by atoms with Crippen molar-refractivity contribution in [2.24, 2.45) is 0 Å². The van der Waals surface area contributed by atoms with Crippen LogP contribution < -0.4 is 5.32 Å². The fourth-order valence-electron chi connectivity index (χ4n) is 3.27. The summed E-state index contributed by atoms with van der Waals surface area (Å²) in [5.74, 6) is 1.72. The molecule has 140 valence electrons. The fraction of sp³-hybridized carbons (Fsp3) is 0.500. The molecule has 0 spiro atoms. The Morgan fingerprint density at radius 2 is 1.92 bits per heavy atom. The van der Waals surface area contributed by atoms with Gasteiger partial charge in [-0.2, -0.15) is 0 Å². The minimum atomic E-state index is 0.0444. The number of carbonyl (C=O) groups excluding carboxylic acids is 1. The van der Waals surface area contributed by atoms with Gasteiger partial charge in [0.2, 0.25) is 11.8 Å². The molecule has 1 amide bonds. The van der Waals surface area contributed by atoms with Crippen molar-refractivity contribution in [1.29, 1.82) is 0 Å². The lowest BCUT2D eigenvalue weighted by atomic mass is 10.2. The minimum Gasteiger partial charge on any atom is -0.444 e. The molecule has 1 aliphatic heterocycles. The highest BCUT2D eigenvalue weighted by molar-refractivity contribution is 5.92. The molecule has 6 nitrogen and oxygen atoms in total. The third kappa shape index (κ3) is 5.16. The highest BCUT2D eigenvalue weighted by Gasteiger charge is 2.19. The van der Waals surface area contributed by atoms with E-state index in [9.17, 15) is 4.79 Å². The monoisotopic (exact) mass is 356 g/mol. The van der Waals surface area contributed by atoms with E-state index < -0.39 is 0 Å². The summed E-state index contributed by atoms with van der Waals surface area (Å²) in [6, 6.07) is 7.90. The van der Waals surface area contributed by atoms with Gasteiger partial charge in [0.15, 0.2) is 0 Å². The van der Waals surface area contributed by atoms with Crippen LogP contribution in [0, 0.1) is 20.8 Å². The van der Waals surface area contributed by atoms with Crippen molar-refractivity contribution in [3.8, 4) is 0 Å². The standard InChI is InChI=1S/C20H28N4O2/c1-15-6-4-7-18(12-15)22-19(25)13-23-8-5-9-24(11-10-23)14-20-21-16(2)17(3)26-20/h4,6-7,12H,5,8-11,13-14H2,1-3H3,(H,22,25). The first-order valence-corrected chi connectivity index (χ1v) is 9.24. The van der Waals surface area contributed by atoms with E-state index in [0.29, 0.717) is 6.54 Å². The third-order valence-electron chi connectivity index (χ3n) is 4.78. The number of carbonyl (C=O) groups is 1. The summed E-state index contributed by atoms with van der Waals surface area (Å²) in [7, 11) is 0. The fourth-order valence-corrected chi connectivity index (χ4v) is 3.27. The normalized spacial score (nSPS) is 16.4. The smallest absolute Gasteiger partial charge is 0.238 e. The SMILES string of the molecule is Cc1cccc(NC(=O)CN2CCCN(Cc3nc(C)c(C)o3)CC2)c1. The Labute approximate surface area is 155 Å². The van der Waals surface area contributed by atoms with Crippen molar-refractivity contribution >= 4 is 11.6 Å². The molecule has 3 rings (SSSR count). The molecule has 0 saturated carbocycles. The Hall–Kier alpha value is -2.18. The number of hydrogen-bond acceptors (Lipinski definition) is 5. The first-order valence-electron chi connectivity index (χ1n) is 9.24. The van der Waals surface area contributed by atoms with Gasteiger partial charge in [0, 0.05) is 18.8 Å². The molecule has 0 bridgehead atoms. The van der Waals surface area contributed by atoms with Crippen LogP contribution in [0.4, 0.5) is 5.69 Å². The van der Waals surface area contributed by atoms with Crippen molar-refractivity contribution in [1.82, 2.24) is 14.8 Å². The Balaban J connectivity index is 1.48. The number of nitrogens with one attached hydrogen (secondary N) is 1. The molecule has 1 saturated heterocycles. The minimum absolute atomic E-state index is 0.0444. The summed E-state index contributed by atoms with van der Waals surface area (Å²) in [5, 5.41) is 2.99. The topological polar surface area (TPSA) is 61.6 Å². The van der Waals surface area contributed by atoms with Crippen LogP contribution in [0.3, 0.4) is 0 Å². The van der Waals surface area contributed by atoms with Gasteiger partial charge in [0.25, 0.3) is 0 Å². The number of hydrogen-bond donors (Lipinski definition) is 1. The molecule has 2 aromatic rings. The number of rotatable bonds is 5. The van der Waals surface area contributed by atoms with Crippen LogP contribution in [0.2, 0.25) is 0 Å². The molecule has 0 atom stereocenters. The predicted octanol–water partition coefficient (Wildman–Crippen LogP) is 2.75. The summed E-state index contributed by atoms with van der Waals surface area (Å²) in [6.07, 6.45) is 1.04. The second kappa shape index (κ2) is 8.47. The molecule has 0 radical (unpaired) electrons. The summed E-state index contributed by atoms with van der Waals surface area (Å²) in [6.45, 7) is 10.8. The van der Waals surface area contributed by atoms with Crippen LogP contribution in [-0.4, -0.2) is 53.4 Å². The van der Waals surface area contributed by atoms with E-state index >= 15 is 0 Å². The van der Waals surface area contributed by atoms with Crippen LogP contribution >= 0.6 is 0 Å². The van der Waals surface area contributed by atoms with Gasteiger partial charge in [-0.1, -0.05) is 12.1 Å². The molecule has 1 aromatic heterocycles. The number of aryl methyl sites for hydroxylation is 3. The lowest BCUT2D eigenvalue weighted by Gasteiger charge is -2.20. The van der Waals surface area contributed by atoms with Crippen LogP contribution in [0.15, 0.2) is 28.7 Å². The molecule has 26 heavy (non-hydrogen) atoms. The maximum atomic E-state index is 12.3.